The minimum Gasteiger partial charge on any atom is -0.484 e. The Morgan fingerprint density at radius 1 is 0.831 bits per heavy atom. The quantitative estimate of drug-likeness (QED) is 0.0772. The number of amides is 2. The van der Waals surface area contributed by atoms with Crippen LogP contribution >= 0.6 is 11.6 Å². The predicted octanol–water partition coefficient (Wildman–Crippen LogP) is 3.72. The van der Waals surface area contributed by atoms with Crippen LogP contribution in [0.15, 0.2) is 48.5 Å². The molecule has 0 radical (unpaired) electrons. The van der Waals surface area contributed by atoms with Crippen molar-refractivity contribution in [3.63, 3.8) is 0 Å². The summed E-state index contributed by atoms with van der Waals surface area (Å²) in [6.45, 7) is 11.5. The van der Waals surface area contributed by atoms with Crippen molar-refractivity contribution in [1.82, 2.24) is 30.4 Å². The lowest BCUT2D eigenvalue weighted by Crippen LogP contribution is -2.55. The normalized spacial score (nSPS) is 14.3. The number of aromatic nitrogens is 2. The molecule has 3 aromatic rings. The highest BCUT2D eigenvalue weighted by Crippen LogP contribution is 2.26. The number of Topliss-reactive ketones (excluding diaryl/α,β-unsaturated/α-hetero) is 1. The van der Waals surface area contributed by atoms with E-state index in [4.69, 9.17) is 37.6 Å². The van der Waals surface area contributed by atoms with Crippen molar-refractivity contribution in [3.8, 4) is 11.5 Å². The number of carbonyl (C=O) groups excluding carboxylic acids is 3. The van der Waals surface area contributed by atoms with Gasteiger partial charge < -0.3 is 51.0 Å². The number of carbonyl (C=O) groups is 3. The Kier molecular flexibility index (Phi) is 23.4. The Bertz CT molecular complexity index is 1650. The van der Waals surface area contributed by atoms with Gasteiger partial charge in [-0.2, -0.15) is 0 Å². The SMILES string of the molecule is CC(=O)c1nc(Cl)c(N)nc1N.CC1CCC[N+](CCCc2cccc(OCC(=O)NCCN(C)C)c2)(CCCc2cccc(OCC(=O)NCCN(C)C)c2)C1.CO. The van der Waals surface area contributed by atoms with Crippen LogP contribution in [-0.4, -0.2) is 148 Å². The van der Waals surface area contributed by atoms with Gasteiger partial charge in [-0.15, -0.1) is 0 Å². The second-order valence-corrected chi connectivity index (χ2v) is 15.9. The summed E-state index contributed by atoms with van der Waals surface area (Å²) >= 11 is 5.52. The third kappa shape index (κ3) is 20.3. The maximum atomic E-state index is 12.1. The molecule has 1 atom stereocenters. The van der Waals surface area contributed by atoms with Crippen LogP contribution in [0.5, 0.6) is 11.5 Å². The van der Waals surface area contributed by atoms with E-state index in [-0.39, 0.29) is 53.3 Å². The number of nitrogens with one attached hydrogen (secondary N) is 2. The van der Waals surface area contributed by atoms with Crippen molar-refractivity contribution in [2.24, 2.45) is 5.92 Å². The zero-order chi connectivity index (χ0) is 43.8. The lowest BCUT2D eigenvalue weighted by Gasteiger charge is -2.44. The molecule has 1 aliphatic heterocycles. The van der Waals surface area contributed by atoms with Gasteiger partial charge in [0.1, 0.15) is 17.2 Å². The van der Waals surface area contributed by atoms with E-state index in [1.165, 1.54) is 61.6 Å². The van der Waals surface area contributed by atoms with E-state index in [0.29, 0.717) is 13.1 Å². The Labute approximate surface area is 356 Å². The number of hydrogen-bond acceptors (Lipinski definition) is 12. The van der Waals surface area contributed by atoms with Crippen molar-refractivity contribution >= 4 is 40.8 Å². The van der Waals surface area contributed by atoms with Gasteiger partial charge in [0.05, 0.1) is 26.2 Å². The second kappa shape index (κ2) is 27.3. The molecular formula is C43H69ClN9O6+. The van der Waals surface area contributed by atoms with E-state index in [0.717, 1.165) is 63.3 Å². The van der Waals surface area contributed by atoms with Gasteiger partial charge in [-0.05, 0) is 89.3 Å². The summed E-state index contributed by atoms with van der Waals surface area (Å²) in [4.78, 5) is 46.5. The highest BCUT2D eigenvalue weighted by atomic mass is 35.5. The van der Waals surface area contributed by atoms with Gasteiger partial charge in [-0.25, -0.2) is 9.97 Å². The van der Waals surface area contributed by atoms with Gasteiger partial charge in [0.15, 0.2) is 35.8 Å². The number of nitrogens with zero attached hydrogens (tertiary/aromatic N) is 5. The molecule has 7 N–H and O–H groups in total. The fraction of sp³-hybridized carbons (Fsp3) is 0.558. The number of aryl methyl sites for hydroxylation is 2. The van der Waals surface area contributed by atoms with Crippen molar-refractivity contribution in [2.45, 2.75) is 52.4 Å². The van der Waals surface area contributed by atoms with Crippen LogP contribution in [0.1, 0.15) is 61.1 Å². The topological polar surface area (TPSA) is 198 Å². The molecule has 0 aliphatic carbocycles. The number of quaternary nitrogens is 1. The smallest absolute Gasteiger partial charge is 0.257 e. The molecule has 328 valence electrons. The van der Waals surface area contributed by atoms with Crippen LogP contribution < -0.4 is 31.6 Å². The Balaban J connectivity index is 0.000000726. The second-order valence-electron chi connectivity index (χ2n) is 15.5. The molecule has 0 bridgehead atoms. The van der Waals surface area contributed by atoms with Gasteiger partial charge in [0.2, 0.25) is 0 Å². The number of anilines is 2. The van der Waals surface area contributed by atoms with Gasteiger partial charge in [-0.3, -0.25) is 14.4 Å². The van der Waals surface area contributed by atoms with Gasteiger partial charge in [0, 0.05) is 59.0 Å². The number of piperidine rings is 1. The molecule has 1 fully saturated rings. The van der Waals surface area contributed by atoms with Crippen molar-refractivity contribution in [3.05, 3.63) is 70.5 Å². The van der Waals surface area contributed by atoms with E-state index >= 15 is 0 Å². The maximum Gasteiger partial charge on any atom is 0.257 e. The molecule has 2 aromatic carbocycles. The van der Waals surface area contributed by atoms with E-state index in [1.807, 2.05) is 62.3 Å². The summed E-state index contributed by atoms with van der Waals surface area (Å²) in [6.07, 6.45) is 6.87. The molecule has 2 heterocycles. The highest BCUT2D eigenvalue weighted by molar-refractivity contribution is 6.31. The van der Waals surface area contributed by atoms with Crippen LogP contribution in [0.4, 0.5) is 11.6 Å². The third-order valence-corrected chi connectivity index (χ3v) is 10.0. The number of aliphatic hydroxyl groups is 1. The summed E-state index contributed by atoms with van der Waals surface area (Å²) in [6, 6.07) is 16.4. The third-order valence-electron chi connectivity index (χ3n) is 9.76. The summed E-state index contributed by atoms with van der Waals surface area (Å²) < 4.78 is 12.8. The maximum absolute atomic E-state index is 12.1. The van der Waals surface area contributed by atoms with E-state index in [9.17, 15) is 14.4 Å². The minimum atomic E-state index is -0.290. The van der Waals surface area contributed by atoms with E-state index < -0.39 is 0 Å². The van der Waals surface area contributed by atoms with Crippen LogP contribution in [0.25, 0.3) is 0 Å². The standard InChI is InChI=1S/C36H57N5O4.C6H7ClN4O.CH4O/c1-30-11-8-22-41(27-30,23-9-14-31-12-6-16-33(25-31)44-28-35(42)37-18-20-39(2)3)24-10-15-32-13-7-17-34(26-32)45-29-36(43)38-19-21-40(4)5;1-2(12)3-5(8)11-6(9)4(7)10-3;1-2/h6-7,12-13,16-17,25-26,30H,8-11,14-15,18-24,27-29H2,1-5H3,(H-,37,38,42,43);1H3,(H4,8,9,11);2H,1H3/p+1. The first-order chi connectivity index (χ1) is 28.1. The monoisotopic (exact) mass is 843 g/mol. The zero-order valence-electron chi connectivity index (χ0n) is 36.3. The van der Waals surface area contributed by atoms with E-state index in [2.05, 4.69) is 51.8 Å². The molecule has 0 spiro atoms. The average molecular weight is 844 g/mol. The summed E-state index contributed by atoms with van der Waals surface area (Å²) in [5.41, 5.74) is 13.2. The van der Waals surface area contributed by atoms with Gasteiger partial charge in [-0.1, -0.05) is 42.8 Å². The molecule has 0 saturated carbocycles. The first-order valence-corrected chi connectivity index (χ1v) is 20.7. The zero-order valence-corrected chi connectivity index (χ0v) is 37.0. The largest absolute Gasteiger partial charge is 0.484 e. The first-order valence-electron chi connectivity index (χ1n) is 20.3. The number of ketones is 1. The Morgan fingerprint density at radius 3 is 1.76 bits per heavy atom. The van der Waals surface area contributed by atoms with Gasteiger partial charge in [0.25, 0.3) is 11.8 Å². The number of likely N-dealkylation sites (tertiary alicyclic amines) is 1. The fourth-order valence-electron chi connectivity index (χ4n) is 6.89. The lowest BCUT2D eigenvalue weighted by atomic mass is 9.95. The fourth-order valence-corrected chi connectivity index (χ4v) is 7.02. The molecule has 16 heteroatoms. The number of hydrogen-bond donors (Lipinski definition) is 5. The number of nitrogens with two attached hydrogens (primary N) is 2. The van der Waals surface area contributed by atoms with Crippen molar-refractivity contribution in [1.29, 1.82) is 0 Å². The molecule has 4 rings (SSSR count). The minimum absolute atomic E-state index is 0.00407. The number of nitrogen functional groups attached to an aromatic ring is 2. The lowest BCUT2D eigenvalue weighted by molar-refractivity contribution is -0.936. The Morgan fingerprint density at radius 2 is 1.32 bits per heavy atom. The highest BCUT2D eigenvalue weighted by Gasteiger charge is 2.32. The van der Waals surface area contributed by atoms with Crippen LogP contribution in [0.3, 0.4) is 0 Å². The molecular weight excluding hydrogens is 774 g/mol. The average Bonchev–Trinajstić information content (AvgIpc) is 3.19. The number of rotatable bonds is 21. The molecule has 1 unspecified atom stereocenters. The van der Waals surface area contributed by atoms with Gasteiger partial charge >= 0.3 is 0 Å². The summed E-state index contributed by atoms with van der Waals surface area (Å²) in [5, 5.41) is 12.8. The molecule has 1 saturated heterocycles. The molecule has 59 heavy (non-hydrogen) atoms. The molecule has 15 nitrogen and oxygen atoms in total. The molecule has 1 aliphatic rings. The number of ether oxygens (including phenoxy) is 2. The molecule has 2 amide bonds. The van der Waals surface area contributed by atoms with Crippen LogP contribution in [0, 0.1) is 5.92 Å². The summed E-state index contributed by atoms with van der Waals surface area (Å²) in [7, 11) is 8.95. The predicted molar refractivity (Wildman–Crippen MR) is 236 cm³/mol. The van der Waals surface area contributed by atoms with E-state index in [1.54, 1.807) is 0 Å². The van der Waals surface area contributed by atoms with Crippen LogP contribution in [0.2, 0.25) is 5.15 Å². The number of aliphatic hydroxyl groups excluding tert-OH is 1. The van der Waals surface area contributed by atoms with Crippen molar-refractivity contribution in [2.75, 3.05) is 112 Å². The first kappa shape index (κ1) is 50.6. The van der Waals surface area contributed by atoms with Crippen LogP contribution in [-0.2, 0) is 22.4 Å². The molecule has 1 aromatic heterocycles. The number of halogens is 1. The summed E-state index contributed by atoms with van der Waals surface area (Å²) in [5.74, 6) is 1.81. The number of likely N-dealkylation sites (N-methyl/N-ethyl adjacent to an activating group) is 2. The van der Waals surface area contributed by atoms with Crippen molar-refractivity contribution < 1.29 is 33.4 Å². The number of benzene rings is 2. The Hall–Kier alpha value is -4.54.